The lowest BCUT2D eigenvalue weighted by atomic mass is 9.94. The van der Waals surface area contributed by atoms with Gasteiger partial charge in [0.15, 0.2) is 0 Å². The molecule has 1 aromatic rings. The van der Waals surface area contributed by atoms with E-state index in [0.717, 1.165) is 5.56 Å². The van der Waals surface area contributed by atoms with Gasteiger partial charge in [-0.15, -0.1) is 0 Å². The zero-order valence-electron chi connectivity index (χ0n) is 11.1. The number of hydrogen-bond donors (Lipinski definition) is 3. The molecular formula is C14H22N2O2. The molecule has 3 N–H and O–H groups in total. The highest BCUT2D eigenvalue weighted by Gasteiger charge is 2.26. The van der Waals surface area contributed by atoms with Crippen LogP contribution in [0.4, 0.5) is 4.79 Å². The molecule has 0 aromatic heterocycles. The maximum atomic E-state index is 11.8. The lowest BCUT2D eigenvalue weighted by molar-refractivity contribution is 0.151. The zero-order chi connectivity index (χ0) is 13.4. The van der Waals surface area contributed by atoms with Crippen LogP contribution in [-0.2, 0) is 6.54 Å². The smallest absolute Gasteiger partial charge is 0.315 e. The van der Waals surface area contributed by atoms with Crippen molar-refractivity contribution >= 4 is 6.03 Å². The fourth-order valence-corrected chi connectivity index (χ4v) is 1.75. The van der Waals surface area contributed by atoms with Gasteiger partial charge in [-0.25, -0.2) is 4.79 Å². The van der Waals surface area contributed by atoms with E-state index in [2.05, 4.69) is 10.6 Å². The van der Waals surface area contributed by atoms with Crippen LogP contribution in [0, 0.1) is 0 Å². The number of hydrogen-bond acceptors (Lipinski definition) is 2. The molecule has 0 unspecified atom stereocenters. The van der Waals surface area contributed by atoms with Crippen LogP contribution in [0.15, 0.2) is 30.3 Å². The van der Waals surface area contributed by atoms with Crippen molar-refractivity contribution in [3.8, 4) is 0 Å². The van der Waals surface area contributed by atoms with E-state index in [9.17, 15) is 9.90 Å². The van der Waals surface area contributed by atoms with Crippen LogP contribution in [0.25, 0.3) is 0 Å². The lowest BCUT2D eigenvalue weighted by Crippen LogP contribution is -2.53. The van der Waals surface area contributed by atoms with Crippen molar-refractivity contribution in [3.63, 3.8) is 0 Å². The molecule has 0 heterocycles. The van der Waals surface area contributed by atoms with Crippen molar-refractivity contribution < 1.29 is 9.90 Å². The third-order valence-electron chi connectivity index (χ3n) is 3.33. The summed E-state index contributed by atoms with van der Waals surface area (Å²) in [4.78, 5) is 11.8. The SMILES string of the molecule is CCC(CC)(CO)NC(=O)NCc1ccccc1. The maximum absolute atomic E-state index is 11.8. The molecule has 0 fully saturated rings. The first-order chi connectivity index (χ1) is 8.65. The molecule has 0 saturated carbocycles. The molecule has 0 spiro atoms. The zero-order valence-corrected chi connectivity index (χ0v) is 11.1. The van der Waals surface area contributed by atoms with Crippen LogP contribution in [0.5, 0.6) is 0 Å². The number of aliphatic hydroxyl groups is 1. The predicted octanol–water partition coefficient (Wildman–Crippen LogP) is 2.04. The second-order valence-electron chi connectivity index (χ2n) is 4.44. The summed E-state index contributed by atoms with van der Waals surface area (Å²) >= 11 is 0. The summed E-state index contributed by atoms with van der Waals surface area (Å²) in [6.45, 7) is 4.36. The Morgan fingerprint density at radius 3 is 2.33 bits per heavy atom. The minimum atomic E-state index is -0.513. The molecule has 18 heavy (non-hydrogen) atoms. The minimum Gasteiger partial charge on any atom is -0.394 e. The van der Waals surface area contributed by atoms with Gasteiger partial charge in [0.1, 0.15) is 0 Å². The maximum Gasteiger partial charge on any atom is 0.315 e. The minimum absolute atomic E-state index is 0.0429. The van der Waals surface area contributed by atoms with E-state index in [1.807, 2.05) is 44.2 Å². The predicted molar refractivity (Wildman–Crippen MR) is 72.2 cm³/mol. The molecular weight excluding hydrogens is 228 g/mol. The van der Waals surface area contributed by atoms with E-state index in [0.29, 0.717) is 19.4 Å². The molecule has 0 aliphatic rings. The third-order valence-corrected chi connectivity index (χ3v) is 3.33. The van der Waals surface area contributed by atoms with Gasteiger partial charge in [-0.2, -0.15) is 0 Å². The van der Waals surface area contributed by atoms with Crippen molar-refractivity contribution in [1.29, 1.82) is 0 Å². The van der Waals surface area contributed by atoms with Crippen molar-refractivity contribution in [2.75, 3.05) is 6.61 Å². The molecule has 1 aromatic carbocycles. The Kier molecular flexibility index (Phi) is 5.65. The molecule has 1 rings (SSSR count). The molecule has 0 radical (unpaired) electrons. The molecule has 0 bridgehead atoms. The first-order valence-corrected chi connectivity index (χ1v) is 6.36. The Morgan fingerprint density at radius 2 is 1.83 bits per heavy atom. The number of aliphatic hydroxyl groups excluding tert-OH is 1. The summed E-state index contributed by atoms with van der Waals surface area (Å²) in [5.74, 6) is 0. The van der Waals surface area contributed by atoms with Crippen LogP contribution >= 0.6 is 0 Å². The summed E-state index contributed by atoms with van der Waals surface area (Å²) in [5.41, 5.74) is 0.538. The van der Waals surface area contributed by atoms with Gasteiger partial charge in [0.05, 0.1) is 12.1 Å². The molecule has 2 amide bonds. The first-order valence-electron chi connectivity index (χ1n) is 6.36. The molecule has 0 aliphatic heterocycles. The number of amides is 2. The second kappa shape index (κ2) is 7.01. The molecule has 0 aliphatic carbocycles. The van der Waals surface area contributed by atoms with Crippen LogP contribution in [0.1, 0.15) is 32.3 Å². The first kappa shape index (κ1) is 14.5. The standard InChI is InChI=1S/C14H22N2O2/c1-3-14(4-2,11-17)16-13(18)15-10-12-8-6-5-7-9-12/h5-9,17H,3-4,10-11H2,1-2H3,(H2,15,16,18). The van der Waals surface area contributed by atoms with Crippen molar-refractivity contribution in [2.45, 2.75) is 38.8 Å². The van der Waals surface area contributed by atoms with Gasteiger partial charge in [-0.3, -0.25) is 0 Å². The third kappa shape index (κ3) is 4.04. The Hall–Kier alpha value is -1.55. The average molecular weight is 250 g/mol. The van der Waals surface area contributed by atoms with Gasteiger partial charge >= 0.3 is 6.03 Å². The van der Waals surface area contributed by atoms with Crippen LogP contribution in [0.3, 0.4) is 0 Å². The van der Waals surface area contributed by atoms with E-state index in [1.165, 1.54) is 0 Å². The summed E-state index contributed by atoms with van der Waals surface area (Å²) in [7, 11) is 0. The Labute approximate surface area is 108 Å². The fourth-order valence-electron chi connectivity index (χ4n) is 1.75. The quantitative estimate of drug-likeness (QED) is 0.723. The van der Waals surface area contributed by atoms with Crippen LogP contribution in [-0.4, -0.2) is 23.3 Å². The number of carbonyl (C=O) groups is 1. The van der Waals surface area contributed by atoms with E-state index in [-0.39, 0.29) is 12.6 Å². The molecule has 100 valence electrons. The highest BCUT2D eigenvalue weighted by molar-refractivity contribution is 5.74. The molecule has 4 nitrogen and oxygen atoms in total. The number of urea groups is 1. The van der Waals surface area contributed by atoms with E-state index >= 15 is 0 Å². The van der Waals surface area contributed by atoms with Gasteiger partial charge in [0.25, 0.3) is 0 Å². The van der Waals surface area contributed by atoms with Crippen molar-refractivity contribution in [3.05, 3.63) is 35.9 Å². The van der Waals surface area contributed by atoms with Crippen LogP contribution in [0.2, 0.25) is 0 Å². The number of benzene rings is 1. The summed E-state index contributed by atoms with van der Waals surface area (Å²) in [5, 5.41) is 15.0. The van der Waals surface area contributed by atoms with Gasteiger partial charge in [0, 0.05) is 6.54 Å². The summed E-state index contributed by atoms with van der Waals surface area (Å²) in [6.07, 6.45) is 1.41. The van der Waals surface area contributed by atoms with Gasteiger partial charge < -0.3 is 15.7 Å². The Balaban J connectivity index is 2.46. The van der Waals surface area contributed by atoms with Gasteiger partial charge in [-0.05, 0) is 18.4 Å². The number of carbonyl (C=O) groups excluding carboxylic acids is 1. The van der Waals surface area contributed by atoms with E-state index in [4.69, 9.17) is 0 Å². The van der Waals surface area contributed by atoms with Crippen LogP contribution < -0.4 is 10.6 Å². The largest absolute Gasteiger partial charge is 0.394 e. The molecule has 0 saturated heterocycles. The van der Waals surface area contributed by atoms with Crippen molar-refractivity contribution in [2.24, 2.45) is 0 Å². The number of nitrogens with one attached hydrogen (secondary N) is 2. The highest BCUT2D eigenvalue weighted by atomic mass is 16.3. The highest BCUT2D eigenvalue weighted by Crippen LogP contribution is 2.13. The van der Waals surface area contributed by atoms with E-state index < -0.39 is 5.54 Å². The average Bonchev–Trinajstić information content (AvgIpc) is 2.44. The molecule has 0 atom stereocenters. The Morgan fingerprint density at radius 1 is 1.22 bits per heavy atom. The van der Waals surface area contributed by atoms with Gasteiger partial charge in [0.2, 0.25) is 0 Å². The van der Waals surface area contributed by atoms with Crippen molar-refractivity contribution in [1.82, 2.24) is 10.6 Å². The Bertz CT molecular complexity index is 353. The van der Waals surface area contributed by atoms with E-state index in [1.54, 1.807) is 0 Å². The number of rotatable bonds is 6. The normalized spacial score (nSPS) is 11.1. The van der Waals surface area contributed by atoms with Gasteiger partial charge in [-0.1, -0.05) is 44.2 Å². The lowest BCUT2D eigenvalue weighted by Gasteiger charge is -2.30. The monoisotopic (exact) mass is 250 g/mol. The topological polar surface area (TPSA) is 61.4 Å². The second-order valence-corrected chi connectivity index (χ2v) is 4.44. The fraction of sp³-hybridized carbons (Fsp3) is 0.500. The summed E-state index contributed by atoms with van der Waals surface area (Å²) < 4.78 is 0. The molecule has 4 heteroatoms. The summed E-state index contributed by atoms with van der Waals surface area (Å²) in [6, 6.07) is 9.49.